The fourth-order valence-corrected chi connectivity index (χ4v) is 4.24. The van der Waals surface area contributed by atoms with Crippen LogP contribution in [-0.2, 0) is 4.74 Å². The smallest absolute Gasteiger partial charge is 0.132 e. The summed E-state index contributed by atoms with van der Waals surface area (Å²) < 4.78 is 5.48. The van der Waals surface area contributed by atoms with Crippen molar-refractivity contribution in [3.63, 3.8) is 0 Å². The van der Waals surface area contributed by atoms with Crippen molar-refractivity contribution in [2.24, 2.45) is 5.73 Å². The van der Waals surface area contributed by atoms with E-state index in [0.29, 0.717) is 0 Å². The Hall–Kier alpha value is 0.110. The molecule has 0 spiro atoms. The lowest BCUT2D eigenvalue weighted by Crippen LogP contribution is -2.57. The van der Waals surface area contributed by atoms with E-state index in [-0.39, 0.29) is 17.9 Å². The molecular weight excluding hydrogens is 270 g/mol. The monoisotopic (exact) mass is 293 g/mol. The minimum atomic E-state index is -1.29. The first-order valence-electron chi connectivity index (χ1n) is 6.74. The third kappa shape index (κ3) is 3.60. The summed E-state index contributed by atoms with van der Waals surface area (Å²) in [5, 5.41) is 38.8. The van der Waals surface area contributed by atoms with Crippen molar-refractivity contribution in [1.82, 2.24) is 0 Å². The van der Waals surface area contributed by atoms with Gasteiger partial charge in [-0.2, -0.15) is 0 Å². The average Bonchev–Trinajstić information content (AvgIpc) is 2.39. The molecule has 19 heavy (non-hydrogen) atoms. The highest BCUT2D eigenvalue weighted by Crippen LogP contribution is 2.36. The molecule has 6 nitrogen and oxygen atoms in total. The molecular formula is C12H23NO5S. The molecule has 2 aliphatic rings. The van der Waals surface area contributed by atoms with E-state index in [1.165, 1.54) is 11.8 Å². The summed E-state index contributed by atoms with van der Waals surface area (Å²) in [6, 6.07) is 0.177. The molecule has 2 fully saturated rings. The Bertz CT molecular complexity index is 293. The number of aliphatic hydroxyl groups excluding tert-OH is 4. The molecule has 2 unspecified atom stereocenters. The highest BCUT2D eigenvalue weighted by atomic mass is 32.2. The van der Waals surface area contributed by atoms with Gasteiger partial charge in [-0.3, -0.25) is 0 Å². The highest BCUT2D eigenvalue weighted by molar-refractivity contribution is 8.00. The van der Waals surface area contributed by atoms with Gasteiger partial charge in [-0.1, -0.05) is 6.42 Å². The Labute approximate surface area is 116 Å². The summed E-state index contributed by atoms with van der Waals surface area (Å²) in [5.41, 5.74) is 5.29. The number of nitrogens with two attached hydrogens (primary N) is 1. The number of thioether (sulfide) groups is 1. The molecule has 1 saturated carbocycles. The maximum atomic E-state index is 9.95. The van der Waals surface area contributed by atoms with Gasteiger partial charge in [0.1, 0.15) is 29.9 Å². The van der Waals surface area contributed by atoms with E-state index in [1.54, 1.807) is 0 Å². The second-order valence-corrected chi connectivity index (χ2v) is 6.79. The lowest BCUT2D eigenvalue weighted by molar-refractivity contribution is -0.205. The Morgan fingerprint density at radius 3 is 2.47 bits per heavy atom. The van der Waals surface area contributed by atoms with Crippen molar-refractivity contribution < 1.29 is 25.2 Å². The van der Waals surface area contributed by atoms with Gasteiger partial charge in [0.05, 0.1) is 6.61 Å². The van der Waals surface area contributed by atoms with Gasteiger partial charge < -0.3 is 30.9 Å². The fourth-order valence-electron chi connectivity index (χ4n) is 2.67. The van der Waals surface area contributed by atoms with Crippen molar-refractivity contribution in [3.05, 3.63) is 0 Å². The summed E-state index contributed by atoms with van der Waals surface area (Å²) >= 11 is 1.44. The zero-order valence-electron chi connectivity index (χ0n) is 10.8. The summed E-state index contributed by atoms with van der Waals surface area (Å²) in [6.45, 7) is -0.383. The molecule has 2 rings (SSSR count). The van der Waals surface area contributed by atoms with Gasteiger partial charge in [0, 0.05) is 11.3 Å². The largest absolute Gasteiger partial charge is 0.394 e. The molecule has 7 atom stereocenters. The zero-order valence-corrected chi connectivity index (χ0v) is 11.6. The second kappa shape index (κ2) is 6.71. The van der Waals surface area contributed by atoms with Gasteiger partial charge in [0.25, 0.3) is 0 Å². The van der Waals surface area contributed by atoms with Crippen LogP contribution in [0.2, 0.25) is 0 Å². The van der Waals surface area contributed by atoms with Crippen molar-refractivity contribution in [2.45, 2.75) is 66.8 Å². The zero-order chi connectivity index (χ0) is 14.0. The Morgan fingerprint density at radius 1 is 1.11 bits per heavy atom. The number of hydrogen-bond donors (Lipinski definition) is 5. The third-order valence-electron chi connectivity index (χ3n) is 3.84. The molecule has 0 aromatic heterocycles. The van der Waals surface area contributed by atoms with E-state index in [1.807, 2.05) is 0 Å². The van der Waals surface area contributed by atoms with E-state index in [2.05, 4.69) is 0 Å². The van der Waals surface area contributed by atoms with Crippen LogP contribution in [0.3, 0.4) is 0 Å². The van der Waals surface area contributed by atoms with Crippen molar-refractivity contribution in [3.8, 4) is 0 Å². The van der Waals surface area contributed by atoms with Crippen molar-refractivity contribution in [2.75, 3.05) is 6.61 Å². The average molecular weight is 293 g/mol. The molecule has 0 aromatic carbocycles. The molecule has 0 radical (unpaired) electrons. The quantitative estimate of drug-likeness (QED) is 0.443. The van der Waals surface area contributed by atoms with E-state index in [0.717, 1.165) is 25.7 Å². The number of rotatable bonds is 3. The van der Waals surface area contributed by atoms with Gasteiger partial charge in [-0.15, -0.1) is 11.8 Å². The Balaban J connectivity index is 1.94. The first-order chi connectivity index (χ1) is 9.02. The fraction of sp³-hybridized carbons (Fsp3) is 1.00. The number of ether oxygens (including phenoxy) is 1. The normalized spacial score (nSPS) is 48.2. The number of hydrogen-bond acceptors (Lipinski definition) is 7. The van der Waals surface area contributed by atoms with Crippen LogP contribution in [-0.4, -0.2) is 68.2 Å². The van der Waals surface area contributed by atoms with Gasteiger partial charge in [0.15, 0.2) is 0 Å². The number of aliphatic hydroxyl groups is 4. The topological polar surface area (TPSA) is 116 Å². The molecule has 1 saturated heterocycles. The first kappa shape index (κ1) is 15.5. The van der Waals surface area contributed by atoms with Crippen LogP contribution in [0.1, 0.15) is 25.7 Å². The minimum absolute atomic E-state index is 0.177. The second-order valence-electron chi connectivity index (χ2n) is 5.38. The highest BCUT2D eigenvalue weighted by Gasteiger charge is 2.44. The summed E-state index contributed by atoms with van der Waals surface area (Å²) in [7, 11) is 0. The van der Waals surface area contributed by atoms with Gasteiger partial charge in [-0.05, 0) is 19.3 Å². The molecule has 0 aromatic rings. The first-order valence-corrected chi connectivity index (χ1v) is 7.68. The Kier molecular flexibility index (Phi) is 5.47. The molecule has 1 aliphatic carbocycles. The summed E-state index contributed by atoms with van der Waals surface area (Å²) in [5.74, 6) is 0. The maximum absolute atomic E-state index is 9.95. The lowest BCUT2D eigenvalue weighted by Gasteiger charge is -2.41. The molecule has 1 aliphatic heterocycles. The van der Waals surface area contributed by atoms with E-state index < -0.39 is 29.9 Å². The van der Waals surface area contributed by atoms with Crippen LogP contribution < -0.4 is 5.73 Å². The minimum Gasteiger partial charge on any atom is -0.394 e. The molecule has 0 amide bonds. The van der Waals surface area contributed by atoms with E-state index >= 15 is 0 Å². The molecule has 6 N–H and O–H groups in total. The predicted molar refractivity (Wildman–Crippen MR) is 71.6 cm³/mol. The standard InChI is InChI=1S/C12H23NO5S/c13-6-2-1-3-7(4-6)19-12-11(17)10(16)9(15)8(5-14)18-12/h6-12,14-17H,1-5,13H2/t6?,7?,8-,9+,10+,11-,12+/m1/s1. The van der Waals surface area contributed by atoms with Crippen LogP contribution in [0, 0.1) is 0 Å². The van der Waals surface area contributed by atoms with Gasteiger partial charge in [-0.25, -0.2) is 0 Å². The van der Waals surface area contributed by atoms with Crippen molar-refractivity contribution in [1.29, 1.82) is 0 Å². The third-order valence-corrected chi connectivity index (χ3v) is 5.31. The van der Waals surface area contributed by atoms with Gasteiger partial charge >= 0.3 is 0 Å². The van der Waals surface area contributed by atoms with Crippen LogP contribution in [0.15, 0.2) is 0 Å². The molecule has 7 heteroatoms. The predicted octanol–water partition coefficient (Wildman–Crippen LogP) is -1.21. The van der Waals surface area contributed by atoms with Crippen LogP contribution in [0.4, 0.5) is 0 Å². The van der Waals surface area contributed by atoms with Gasteiger partial charge in [0.2, 0.25) is 0 Å². The van der Waals surface area contributed by atoms with E-state index in [9.17, 15) is 15.3 Å². The Morgan fingerprint density at radius 2 is 1.84 bits per heavy atom. The summed E-state index contributed by atoms with van der Waals surface area (Å²) in [4.78, 5) is 0. The molecule has 0 bridgehead atoms. The van der Waals surface area contributed by atoms with Crippen LogP contribution in [0.25, 0.3) is 0 Å². The van der Waals surface area contributed by atoms with Crippen LogP contribution >= 0.6 is 11.8 Å². The summed E-state index contributed by atoms with van der Waals surface area (Å²) in [6.07, 6.45) is -0.616. The molecule has 1 heterocycles. The SMILES string of the molecule is NC1CCCC(S[C@@H]2O[C@H](CO)[C@H](O)[C@H](O)[C@H]2O)C1. The van der Waals surface area contributed by atoms with Crippen LogP contribution in [0.5, 0.6) is 0 Å². The maximum Gasteiger partial charge on any atom is 0.132 e. The van der Waals surface area contributed by atoms with E-state index in [4.69, 9.17) is 15.6 Å². The van der Waals surface area contributed by atoms with Crippen molar-refractivity contribution >= 4 is 11.8 Å². The lowest BCUT2D eigenvalue weighted by atomic mass is 9.96. The molecule has 112 valence electrons.